The lowest BCUT2D eigenvalue weighted by Crippen LogP contribution is -2.44. The second-order valence-corrected chi connectivity index (χ2v) is 10.1. The number of carbonyl (C=O) groups excluding carboxylic acids is 2. The van der Waals surface area contributed by atoms with E-state index in [0.29, 0.717) is 17.6 Å². The van der Waals surface area contributed by atoms with Crippen molar-refractivity contribution in [1.82, 2.24) is 0 Å². The third-order valence-electron chi connectivity index (χ3n) is 6.46. The van der Waals surface area contributed by atoms with Crippen LogP contribution in [0.3, 0.4) is 0 Å². The third kappa shape index (κ3) is 5.51. The van der Waals surface area contributed by atoms with Crippen molar-refractivity contribution in [3.05, 3.63) is 29.8 Å². The predicted molar refractivity (Wildman–Crippen MR) is 124 cm³/mol. The molecule has 0 saturated heterocycles. The summed E-state index contributed by atoms with van der Waals surface area (Å²) in [5, 5.41) is 0. The summed E-state index contributed by atoms with van der Waals surface area (Å²) in [6.45, 7) is 10.1. The zero-order valence-corrected chi connectivity index (χ0v) is 20.2. The minimum absolute atomic E-state index is 0.145. The summed E-state index contributed by atoms with van der Waals surface area (Å²) in [5.41, 5.74) is 1.20. The first-order valence-electron chi connectivity index (χ1n) is 11.7. The van der Waals surface area contributed by atoms with Gasteiger partial charge in [-0.05, 0) is 64.4 Å². The minimum atomic E-state index is -0.835. The Bertz CT molecular complexity index is 856. The number of hydrogen-bond acceptors (Lipinski definition) is 6. The molecule has 6 heteroatoms. The lowest BCUT2D eigenvalue weighted by molar-refractivity contribution is -0.158. The SMILES string of the molecule is CCC1CCC(C)CC1=N[C@H](C(=O)OC(C)(C)C)C1c2ccccc2OC[C@H]1C(=O)OC. The highest BCUT2D eigenvalue weighted by Crippen LogP contribution is 2.42. The van der Waals surface area contributed by atoms with Gasteiger partial charge in [0.15, 0.2) is 6.04 Å². The molecule has 32 heavy (non-hydrogen) atoms. The van der Waals surface area contributed by atoms with E-state index in [-0.39, 0.29) is 6.61 Å². The molecule has 0 amide bonds. The van der Waals surface area contributed by atoms with Crippen molar-refractivity contribution >= 4 is 17.7 Å². The average Bonchev–Trinajstić information content (AvgIpc) is 2.75. The van der Waals surface area contributed by atoms with Gasteiger partial charge in [0.1, 0.15) is 23.9 Å². The maximum Gasteiger partial charge on any atom is 0.332 e. The van der Waals surface area contributed by atoms with Crippen LogP contribution in [0.4, 0.5) is 0 Å². The van der Waals surface area contributed by atoms with Crippen molar-refractivity contribution < 1.29 is 23.8 Å². The van der Waals surface area contributed by atoms with Gasteiger partial charge in [0.25, 0.3) is 0 Å². The van der Waals surface area contributed by atoms with Gasteiger partial charge in [-0.1, -0.05) is 32.0 Å². The number of methoxy groups -OCH3 is 1. The van der Waals surface area contributed by atoms with Crippen LogP contribution in [0.25, 0.3) is 0 Å². The minimum Gasteiger partial charge on any atom is -0.492 e. The van der Waals surface area contributed by atoms with E-state index < -0.39 is 35.4 Å². The number of aliphatic imine (C=N–C) groups is 1. The van der Waals surface area contributed by atoms with Crippen LogP contribution in [-0.2, 0) is 19.1 Å². The molecule has 1 fully saturated rings. The summed E-state index contributed by atoms with van der Waals surface area (Å²) in [5.74, 6) is -0.411. The van der Waals surface area contributed by atoms with E-state index in [1.54, 1.807) is 0 Å². The Morgan fingerprint density at radius 1 is 1.22 bits per heavy atom. The van der Waals surface area contributed by atoms with Crippen molar-refractivity contribution in [3.8, 4) is 5.75 Å². The maximum absolute atomic E-state index is 13.6. The summed E-state index contributed by atoms with van der Waals surface area (Å²) < 4.78 is 16.8. The average molecular weight is 444 g/mol. The van der Waals surface area contributed by atoms with Crippen molar-refractivity contribution in [1.29, 1.82) is 0 Å². The van der Waals surface area contributed by atoms with E-state index in [4.69, 9.17) is 19.2 Å². The first kappa shape index (κ1) is 24.3. The Morgan fingerprint density at radius 3 is 2.59 bits per heavy atom. The molecule has 0 bridgehead atoms. The summed E-state index contributed by atoms with van der Waals surface area (Å²) in [6, 6.07) is 6.72. The van der Waals surface area contributed by atoms with E-state index in [1.807, 2.05) is 45.0 Å². The first-order chi connectivity index (χ1) is 15.1. The molecule has 0 spiro atoms. The molecule has 1 heterocycles. The molecule has 0 radical (unpaired) electrons. The topological polar surface area (TPSA) is 74.2 Å². The fourth-order valence-corrected chi connectivity index (χ4v) is 4.84. The molecule has 5 atom stereocenters. The molecule has 1 aromatic rings. The fraction of sp³-hybridized carbons (Fsp3) is 0.654. The normalized spacial score (nSPS) is 27.8. The van der Waals surface area contributed by atoms with Crippen LogP contribution in [0.15, 0.2) is 29.3 Å². The number of ether oxygens (including phenoxy) is 3. The van der Waals surface area contributed by atoms with Gasteiger partial charge >= 0.3 is 11.9 Å². The molecule has 1 aliphatic heterocycles. The van der Waals surface area contributed by atoms with Gasteiger partial charge in [-0.15, -0.1) is 0 Å². The molecule has 0 N–H and O–H groups in total. The third-order valence-corrected chi connectivity index (χ3v) is 6.46. The number of hydrogen-bond donors (Lipinski definition) is 0. The molecule has 3 rings (SSSR count). The molecule has 176 valence electrons. The van der Waals surface area contributed by atoms with Gasteiger partial charge in [0.05, 0.1) is 7.11 Å². The van der Waals surface area contributed by atoms with Crippen molar-refractivity contribution in [2.75, 3.05) is 13.7 Å². The van der Waals surface area contributed by atoms with E-state index in [9.17, 15) is 9.59 Å². The quantitative estimate of drug-likeness (QED) is 0.602. The summed E-state index contributed by atoms with van der Waals surface area (Å²) in [4.78, 5) is 31.4. The second-order valence-electron chi connectivity index (χ2n) is 10.1. The molecule has 1 aromatic carbocycles. The summed E-state index contributed by atoms with van der Waals surface area (Å²) in [6.07, 6.45) is 4.09. The Balaban J connectivity index is 2.12. The Hall–Kier alpha value is -2.37. The number of carbonyl (C=O) groups is 2. The smallest absolute Gasteiger partial charge is 0.332 e. The number of benzene rings is 1. The van der Waals surface area contributed by atoms with E-state index in [0.717, 1.165) is 30.5 Å². The molecule has 1 aliphatic carbocycles. The number of esters is 2. The molecule has 6 nitrogen and oxygen atoms in total. The van der Waals surface area contributed by atoms with E-state index >= 15 is 0 Å². The van der Waals surface area contributed by atoms with E-state index in [1.165, 1.54) is 13.5 Å². The van der Waals surface area contributed by atoms with Crippen molar-refractivity contribution in [2.24, 2.45) is 22.7 Å². The highest BCUT2D eigenvalue weighted by atomic mass is 16.6. The van der Waals surface area contributed by atoms with Gasteiger partial charge in [0, 0.05) is 17.2 Å². The van der Waals surface area contributed by atoms with Crippen LogP contribution in [0.5, 0.6) is 5.75 Å². The molecule has 2 aliphatic rings. The van der Waals surface area contributed by atoms with Crippen LogP contribution in [0, 0.1) is 17.8 Å². The van der Waals surface area contributed by atoms with Gasteiger partial charge < -0.3 is 14.2 Å². The predicted octanol–water partition coefficient (Wildman–Crippen LogP) is 4.95. The lowest BCUT2D eigenvalue weighted by Gasteiger charge is -2.37. The number of fused-ring (bicyclic) bond motifs is 1. The van der Waals surface area contributed by atoms with Crippen molar-refractivity contribution in [3.63, 3.8) is 0 Å². The highest BCUT2D eigenvalue weighted by molar-refractivity contribution is 5.91. The van der Waals surface area contributed by atoms with Crippen molar-refractivity contribution in [2.45, 2.75) is 77.9 Å². The fourth-order valence-electron chi connectivity index (χ4n) is 4.84. The first-order valence-corrected chi connectivity index (χ1v) is 11.7. The van der Waals surface area contributed by atoms with Crippen LogP contribution < -0.4 is 4.74 Å². The monoisotopic (exact) mass is 443 g/mol. The van der Waals surface area contributed by atoms with Gasteiger partial charge in [-0.2, -0.15) is 0 Å². The number of nitrogens with zero attached hydrogens (tertiary/aromatic N) is 1. The largest absolute Gasteiger partial charge is 0.492 e. The van der Waals surface area contributed by atoms with Crippen LogP contribution >= 0.6 is 0 Å². The maximum atomic E-state index is 13.6. The summed E-state index contributed by atoms with van der Waals surface area (Å²) in [7, 11) is 1.37. The molecular weight excluding hydrogens is 406 g/mol. The van der Waals surface area contributed by atoms with Crippen LogP contribution in [-0.4, -0.2) is 43.0 Å². The molecular formula is C26H37NO5. The number of rotatable bonds is 5. The van der Waals surface area contributed by atoms with Gasteiger partial charge in [-0.25, -0.2) is 4.79 Å². The lowest BCUT2D eigenvalue weighted by atomic mass is 9.77. The van der Waals surface area contributed by atoms with Gasteiger partial charge in [0.2, 0.25) is 0 Å². The zero-order valence-electron chi connectivity index (χ0n) is 20.2. The van der Waals surface area contributed by atoms with Crippen LogP contribution in [0.1, 0.15) is 71.8 Å². The Kier molecular flexibility index (Phi) is 7.63. The molecule has 3 unspecified atom stereocenters. The molecule has 0 aromatic heterocycles. The second kappa shape index (κ2) is 10.1. The number of para-hydroxylation sites is 1. The molecule has 1 saturated carbocycles. The Morgan fingerprint density at radius 2 is 1.94 bits per heavy atom. The summed E-state index contributed by atoms with van der Waals surface area (Å²) >= 11 is 0. The highest BCUT2D eigenvalue weighted by Gasteiger charge is 2.46. The van der Waals surface area contributed by atoms with E-state index in [2.05, 4.69) is 13.8 Å². The van der Waals surface area contributed by atoms with Crippen LogP contribution in [0.2, 0.25) is 0 Å². The zero-order chi connectivity index (χ0) is 23.5. The standard InChI is InChI=1S/C26H37NO5/c1-7-17-13-12-16(2)14-20(17)27-23(25(29)32-26(3,4)5)22-18-10-8-9-11-21(18)31-15-19(22)24(28)30-6/h8-11,16-17,19,22-23H,7,12-15H2,1-6H3/t16?,17?,19-,22?,23+/m1/s1. The Labute approximate surface area is 191 Å². The van der Waals surface area contributed by atoms with Gasteiger partial charge in [-0.3, -0.25) is 9.79 Å².